The van der Waals surface area contributed by atoms with E-state index in [-0.39, 0.29) is 35.5 Å². The Morgan fingerprint density at radius 2 is 2.19 bits per heavy atom. The van der Waals surface area contributed by atoms with Crippen molar-refractivity contribution in [1.29, 1.82) is 0 Å². The van der Waals surface area contributed by atoms with Crippen LogP contribution in [-0.4, -0.2) is 40.0 Å². The van der Waals surface area contributed by atoms with E-state index in [9.17, 15) is 20.0 Å². The molecule has 1 aliphatic rings. The molecule has 1 fully saturated rings. The van der Waals surface area contributed by atoms with Crippen molar-refractivity contribution in [2.75, 3.05) is 18.9 Å². The van der Waals surface area contributed by atoms with Crippen LogP contribution < -0.4 is 5.73 Å². The number of hydrogen-bond donors (Lipinski definition) is 2. The van der Waals surface area contributed by atoms with Crippen molar-refractivity contribution in [1.82, 2.24) is 4.90 Å². The van der Waals surface area contributed by atoms with Crippen molar-refractivity contribution in [2.24, 2.45) is 0 Å². The molecule has 0 radical (unpaired) electrons. The molecule has 2 rings (SSSR count). The molecule has 0 spiro atoms. The van der Waals surface area contributed by atoms with E-state index < -0.39 is 4.92 Å². The number of hydrogen-bond acceptors (Lipinski definition) is 5. The highest BCUT2D eigenvalue weighted by atomic mass is 16.6. The smallest absolute Gasteiger partial charge is 0.270 e. The van der Waals surface area contributed by atoms with Gasteiger partial charge in [-0.05, 0) is 18.9 Å². The van der Waals surface area contributed by atoms with E-state index in [1.165, 1.54) is 18.2 Å². The highest BCUT2D eigenvalue weighted by molar-refractivity contribution is 6.00. The Morgan fingerprint density at radius 1 is 1.43 bits per heavy atom. The van der Waals surface area contributed by atoms with E-state index in [0.29, 0.717) is 6.54 Å². The number of aliphatic hydroxyl groups is 1. The molecule has 1 amide bonds. The molecule has 0 aromatic heterocycles. The molecule has 7 nitrogen and oxygen atoms in total. The molecule has 1 aliphatic heterocycles. The maximum absolute atomic E-state index is 12.6. The molecule has 0 bridgehead atoms. The predicted molar refractivity (Wildman–Crippen MR) is 77.9 cm³/mol. The van der Waals surface area contributed by atoms with Gasteiger partial charge in [0.2, 0.25) is 0 Å². The summed E-state index contributed by atoms with van der Waals surface area (Å²) in [5, 5.41) is 20.3. The number of nitro benzene ring substituents is 1. The minimum atomic E-state index is -0.553. The minimum absolute atomic E-state index is 0.111. The largest absolute Gasteiger partial charge is 0.398 e. The number of nitrogens with zero attached hydrogens (tertiary/aromatic N) is 2. The zero-order valence-corrected chi connectivity index (χ0v) is 11.7. The average molecular weight is 293 g/mol. The Balaban J connectivity index is 2.33. The van der Waals surface area contributed by atoms with Gasteiger partial charge in [0.25, 0.3) is 11.6 Å². The first-order valence-corrected chi connectivity index (χ1v) is 7.00. The van der Waals surface area contributed by atoms with Gasteiger partial charge in [-0.1, -0.05) is 12.8 Å². The van der Waals surface area contributed by atoms with Crippen molar-refractivity contribution in [3.63, 3.8) is 0 Å². The third-order valence-corrected chi connectivity index (χ3v) is 3.83. The number of rotatable bonds is 3. The van der Waals surface area contributed by atoms with Gasteiger partial charge in [0.15, 0.2) is 0 Å². The van der Waals surface area contributed by atoms with Crippen LogP contribution in [0.15, 0.2) is 18.2 Å². The normalized spacial score (nSPS) is 19.1. The van der Waals surface area contributed by atoms with Crippen molar-refractivity contribution < 1.29 is 14.8 Å². The molecule has 1 unspecified atom stereocenters. The monoisotopic (exact) mass is 293 g/mol. The van der Waals surface area contributed by atoms with Crippen molar-refractivity contribution in [3.05, 3.63) is 33.9 Å². The van der Waals surface area contributed by atoms with Crippen LogP contribution in [0.4, 0.5) is 11.4 Å². The van der Waals surface area contributed by atoms with Gasteiger partial charge in [0.1, 0.15) is 0 Å². The van der Waals surface area contributed by atoms with Gasteiger partial charge in [-0.25, -0.2) is 0 Å². The molecule has 7 heteroatoms. The van der Waals surface area contributed by atoms with Gasteiger partial charge >= 0.3 is 0 Å². The quantitative estimate of drug-likeness (QED) is 0.499. The Hall–Kier alpha value is -2.15. The highest BCUT2D eigenvalue weighted by Crippen LogP contribution is 2.24. The molecular weight excluding hydrogens is 274 g/mol. The van der Waals surface area contributed by atoms with Gasteiger partial charge < -0.3 is 15.7 Å². The first-order chi connectivity index (χ1) is 10.0. The van der Waals surface area contributed by atoms with Crippen LogP contribution in [0, 0.1) is 10.1 Å². The number of nitro groups is 1. The summed E-state index contributed by atoms with van der Waals surface area (Å²) in [6.45, 7) is 0.423. The predicted octanol–water partition coefficient (Wildman–Crippen LogP) is 1.55. The number of likely N-dealkylation sites (tertiary alicyclic amines) is 1. The number of benzene rings is 1. The molecule has 1 aromatic rings. The number of carbonyl (C=O) groups is 1. The lowest BCUT2D eigenvalue weighted by Crippen LogP contribution is -2.42. The Bertz CT molecular complexity index is 547. The Kier molecular flexibility index (Phi) is 4.74. The van der Waals surface area contributed by atoms with Crippen LogP contribution in [0.1, 0.15) is 36.0 Å². The topological polar surface area (TPSA) is 110 Å². The third kappa shape index (κ3) is 3.30. The van der Waals surface area contributed by atoms with Crippen molar-refractivity contribution in [3.8, 4) is 0 Å². The Morgan fingerprint density at radius 3 is 2.86 bits per heavy atom. The van der Waals surface area contributed by atoms with Crippen LogP contribution in [-0.2, 0) is 0 Å². The highest BCUT2D eigenvalue weighted by Gasteiger charge is 2.27. The van der Waals surface area contributed by atoms with Crippen LogP contribution in [0.5, 0.6) is 0 Å². The van der Waals surface area contributed by atoms with Gasteiger partial charge in [-0.3, -0.25) is 14.9 Å². The zero-order chi connectivity index (χ0) is 15.4. The Labute approximate surface area is 122 Å². The minimum Gasteiger partial charge on any atom is -0.398 e. The second-order valence-corrected chi connectivity index (χ2v) is 5.21. The maximum Gasteiger partial charge on any atom is 0.270 e. The van der Waals surface area contributed by atoms with E-state index in [1.807, 2.05) is 0 Å². The van der Waals surface area contributed by atoms with E-state index in [2.05, 4.69) is 0 Å². The van der Waals surface area contributed by atoms with E-state index >= 15 is 0 Å². The van der Waals surface area contributed by atoms with Gasteiger partial charge in [-0.2, -0.15) is 0 Å². The van der Waals surface area contributed by atoms with Gasteiger partial charge in [0.05, 0.1) is 23.1 Å². The average Bonchev–Trinajstić information content (AvgIpc) is 2.71. The van der Waals surface area contributed by atoms with Gasteiger partial charge in [0, 0.05) is 24.4 Å². The summed E-state index contributed by atoms with van der Waals surface area (Å²) in [6.07, 6.45) is 3.55. The van der Waals surface area contributed by atoms with Crippen LogP contribution in [0.25, 0.3) is 0 Å². The number of aliphatic hydroxyl groups excluding tert-OH is 1. The molecule has 0 saturated carbocycles. The van der Waals surface area contributed by atoms with Crippen molar-refractivity contribution in [2.45, 2.75) is 31.7 Å². The second kappa shape index (κ2) is 6.53. The zero-order valence-electron chi connectivity index (χ0n) is 11.7. The molecular formula is C14H19N3O4. The molecule has 0 aliphatic carbocycles. The van der Waals surface area contributed by atoms with E-state index in [4.69, 9.17) is 5.73 Å². The fourth-order valence-electron chi connectivity index (χ4n) is 2.63. The van der Waals surface area contributed by atoms with E-state index in [1.54, 1.807) is 4.90 Å². The van der Waals surface area contributed by atoms with Gasteiger partial charge in [-0.15, -0.1) is 0 Å². The van der Waals surface area contributed by atoms with Crippen LogP contribution in [0.3, 0.4) is 0 Å². The fourth-order valence-corrected chi connectivity index (χ4v) is 2.63. The van der Waals surface area contributed by atoms with Crippen LogP contribution in [0.2, 0.25) is 0 Å². The summed E-state index contributed by atoms with van der Waals surface area (Å²) >= 11 is 0. The summed E-state index contributed by atoms with van der Waals surface area (Å²) in [5.74, 6) is -0.350. The first kappa shape index (κ1) is 15.2. The molecule has 3 N–H and O–H groups in total. The number of non-ortho nitro benzene ring substituents is 1. The number of anilines is 1. The second-order valence-electron chi connectivity index (χ2n) is 5.21. The molecule has 1 atom stereocenters. The molecule has 1 heterocycles. The lowest BCUT2D eigenvalue weighted by molar-refractivity contribution is -0.384. The maximum atomic E-state index is 12.6. The molecule has 1 saturated heterocycles. The number of amides is 1. The summed E-state index contributed by atoms with van der Waals surface area (Å²) in [6, 6.07) is 3.60. The summed E-state index contributed by atoms with van der Waals surface area (Å²) in [5.41, 5.74) is 5.97. The third-order valence-electron chi connectivity index (χ3n) is 3.83. The van der Waals surface area contributed by atoms with Crippen molar-refractivity contribution >= 4 is 17.3 Å². The molecule has 21 heavy (non-hydrogen) atoms. The van der Waals surface area contributed by atoms with Crippen LogP contribution >= 0.6 is 0 Å². The first-order valence-electron chi connectivity index (χ1n) is 7.00. The number of nitrogen functional groups attached to an aromatic ring is 1. The summed E-state index contributed by atoms with van der Waals surface area (Å²) < 4.78 is 0. The molecule has 114 valence electrons. The standard InChI is InChI=1S/C14H19N3O4/c15-13-6-5-10(17(20)21)8-12(13)14(19)16-7-3-1-2-4-11(16)9-18/h5-6,8,11,18H,1-4,7,9,15H2. The fraction of sp³-hybridized carbons (Fsp3) is 0.500. The number of carbonyl (C=O) groups excluding carboxylic acids is 1. The molecule has 1 aromatic carbocycles. The summed E-state index contributed by atoms with van der Waals surface area (Å²) in [4.78, 5) is 24.5. The SMILES string of the molecule is Nc1ccc([N+](=O)[O-])cc1C(=O)N1CCCCCC1CO. The number of nitrogens with two attached hydrogens (primary N) is 1. The van der Waals surface area contributed by atoms with E-state index in [0.717, 1.165) is 25.7 Å². The lowest BCUT2D eigenvalue weighted by Gasteiger charge is -2.29. The lowest BCUT2D eigenvalue weighted by atomic mass is 10.1. The summed E-state index contributed by atoms with van der Waals surface area (Å²) in [7, 11) is 0.